The van der Waals surface area contributed by atoms with E-state index < -0.39 is 0 Å². The predicted molar refractivity (Wildman–Crippen MR) is 95.7 cm³/mol. The third-order valence-corrected chi connectivity index (χ3v) is 4.46. The van der Waals surface area contributed by atoms with Crippen LogP contribution in [0.5, 0.6) is 0 Å². The van der Waals surface area contributed by atoms with E-state index in [2.05, 4.69) is 10.2 Å². The van der Waals surface area contributed by atoms with Crippen molar-refractivity contribution < 1.29 is 9.18 Å². The van der Waals surface area contributed by atoms with Gasteiger partial charge in [0, 0.05) is 36.9 Å². The van der Waals surface area contributed by atoms with Crippen molar-refractivity contribution in [3.05, 3.63) is 58.3 Å². The number of carbonyl (C=O) groups is 1. The van der Waals surface area contributed by atoms with Crippen LogP contribution in [0.15, 0.2) is 42.5 Å². The van der Waals surface area contributed by atoms with E-state index in [0.29, 0.717) is 41.9 Å². The van der Waals surface area contributed by atoms with Crippen LogP contribution in [0, 0.1) is 5.82 Å². The molecule has 0 aromatic heterocycles. The molecule has 1 saturated heterocycles. The van der Waals surface area contributed by atoms with Crippen LogP contribution in [0.25, 0.3) is 0 Å². The number of nitrogens with one attached hydrogen (secondary N) is 1. The number of piperazine rings is 1. The maximum absolute atomic E-state index is 13.3. The van der Waals surface area contributed by atoms with Crippen LogP contribution in [0.1, 0.15) is 0 Å². The van der Waals surface area contributed by atoms with E-state index >= 15 is 0 Å². The number of hydrogen-bond donors (Lipinski definition) is 1. The molecular formula is C17H16Cl2FN3O. The van der Waals surface area contributed by atoms with Crippen molar-refractivity contribution in [2.45, 2.75) is 0 Å². The summed E-state index contributed by atoms with van der Waals surface area (Å²) in [5, 5.41) is 3.70. The number of nitrogens with zero attached hydrogens (tertiary/aromatic N) is 2. The first-order valence-corrected chi connectivity index (χ1v) is 8.30. The van der Waals surface area contributed by atoms with Gasteiger partial charge in [-0.2, -0.15) is 0 Å². The number of carbonyl (C=O) groups excluding carboxylic acids is 1. The smallest absolute Gasteiger partial charge is 0.322 e. The van der Waals surface area contributed by atoms with E-state index in [1.165, 1.54) is 12.1 Å². The maximum atomic E-state index is 13.3. The average Bonchev–Trinajstić information content (AvgIpc) is 2.57. The van der Waals surface area contributed by atoms with Crippen LogP contribution in [0.3, 0.4) is 0 Å². The van der Waals surface area contributed by atoms with Gasteiger partial charge in [0.2, 0.25) is 0 Å². The Balaban J connectivity index is 1.59. The van der Waals surface area contributed by atoms with E-state index in [9.17, 15) is 9.18 Å². The van der Waals surface area contributed by atoms with Gasteiger partial charge >= 0.3 is 6.03 Å². The van der Waals surface area contributed by atoms with Crippen LogP contribution in [0.4, 0.5) is 20.6 Å². The minimum Gasteiger partial charge on any atom is -0.368 e. The molecule has 0 saturated carbocycles. The van der Waals surface area contributed by atoms with Crippen LogP contribution in [0.2, 0.25) is 10.0 Å². The Morgan fingerprint density at radius 1 is 1.04 bits per heavy atom. The summed E-state index contributed by atoms with van der Waals surface area (Å²) in [5.41, 5.74) is 1.36. The molecule has 7 heteroatoms. The molecule has 2 amide bonds. The zero-order valence-corrected chi connectivity index (χ0v) is 14.3. The zero-order chi connectivity index (χ0) is 17.1. The lowest BCUT2D eigenvalue weighted by Gasteiger charge is -2.36. The fourth-order valence-electron chi connectivity index (χ4n) is 2.63. The van der Waals surface area contributed by atoms with Crippen molar-refractivity contribution in [1.29, 1.82) is 0 Å². The number of amides is 2. The van der Waals surface area contributed by atoms with Gasteiger partial charge < -0.3 is 15.1 Å². The van der Waals surface area contributed by atoms with Gasteiger partial charge in [-0.1, -0.05) is 29.3 Å². The van der Waals surface area contributed by atoms with Gasteiger partial charge in [0.1, 0.15) is 5.82 Å². The summed E-state index contributed by atoms with van der Waals surface area (Å²) >= 11 is 11.9. The van der Waals surface area contributed by atoms with Gasteiger partial charge in [0.25, 0.3) is 0 Å². The topological polar surface area (TPSA) is 35.6 Å². The molecule has 4 nitrogen and oxygen atoms in total. The highest BCUT2D eigenvalue weighted by atomic mass is 35.5. The molecule has 0 bridgehead atoms. The van der Waals surface area contributed by atoms with Crippen molar-refractivity contribution in [1.82, 2.24) is 4.90 Å². The highest BCUT2D eigenvalue weighted by Gasteiger charge is 2.22. The predicted octanol–water partition coefficient (Wildman–Crippen LogP) is 4.49. The summed E-state index contributed by atoms with van der Waals surface area (Å²) in [6.07, 6.45) is 0. The van der Waals surface area contributed by atoms with Crippen molar-refractivity contribution in [3.63, 3.8) is 0 Å². The zero-order valence-electron chi connectivity index (χ0n) is 12.8. The molecular weight excluding hydrogens is 352 g/mol. The molecule has 0 spiro atoms. The first-order chi connectivity index (χ1) is 11.5. The van der Waals surface area contributed by atoms with E-state index in [0.717, 1.165) is 5.69 Å². The van der Waals surface area contributed by atoms with Gasteiger partial charge in [-0.25, -0.2) is 9.18 Å². The van der Waals surface area contributed by atoms with E-state index in [1.54, 1.807) is 29.2 Å². The Morgan fingerprint density at radius 3 is 2.46 bits per heavy atom. The molecule has 3 rings (SSSR count). The Hall–Kier alpha value is -1.98. The normalized spacial score (nSPS) is 14.6. The third-order valence-electron chi connectivity index (χ3n) is 3.91. The van der Waals surface area contributed by atoms with Crippen molar-refractivity contribution in [2.75, 3.05) is 36.4 Å². The molecule has 1 N–H and O–H groups in total. The standard InChI is InChI=1S/C17H16Cl2FN3O/c18-12-4-5-16(15(19)10-12)21-17(24)23-8-6-22(7-9-23)14-3-1-2-13(20)11-14/h1-5,10-11H,6-9H2,(H,21,24). The minimum absolute atomic E-state index is 0.210. The van der Waals surface area contributed by atoms with Gasteiger partial charge in [0.05, 0.1) is 10.7 Å². The number of hydrogen-bond acceptors (Lipinski definition) is 2. The first kappa shape index (κ1) is 16.9. The lowest BCUT2D eigenvalue weighted by Crippen LogP contribution is -2.50. The van der Waals surface area contributed by atoms with Gasteiger partial charge in [-0.05, 0) is 36.4 Å². The number of urea groups is 1. The minimum atomic E-state index is -0.259. The number of benzene rings is 2. The fourth-order valence-corrected chi connectivity index (χ4v) is 3.08. The quantitative estimate of drug-likeness (QED) is 0.848. The summed E-state index contributed by atoms with van der Waals surface area (Å²) in [7, 11) is 0. The van der Waals surface area contributed by atoms with Crippen molar-refractivity contribution in [3.8, 4) is 0 Å². The summed E-state index contributed by atoms with van der Waals surface area (Å²) in [6, 6.07) is 11.2. The van der Waals surface area contributed by atoms with Gasteiger partial charge in [-0.15, -0.1) is 0 Å². The Labute approximate surface area is 149 Å². The summed E-state index contributed by atoms with van der Waals surface area (Å²) in [5.74, 6) is -0.259. The second kappa shape index (κ2) is 7.28. The highest BCUT2D eigenvalue weighted by molar-refractivity contribution is 6.36. The Bertz CT molecular complexity index is 748. The molecule has 1 aliphatic heterocycles. The Morgan fingerprint density at radius 2 is 1.79 bits per heavy atom. The Kier molecular flexibility index (Phi) is 5.11. The molecule has 0 aliphatic carbocycles. The first-order valence-electron chi connectivity index (χ1n) is 7.54. The van der Waals surface area contributed by atoms with E-state index in [-0.39, 0.29) is 11.8 Å². The number of halogens is 3. The summed E-state index contributed by atoms with van der Waals surface area (Å²) < 4.78 is 13.3. The highest BCUT2D eigenvalue weighted by Crippen LogP contribution is 2.26. The van der Waals surface area contributed by atoms with Crippen LogP contribution >= 0.6 is 23.2 Å². The van der Waals surface area contributed by atoms with Gasteiger partial charge in [0.15, 0.2) is 0 Å². The number of rotatable bonds is 2. The monoisotopic (exact) mass is 367 g/mol. The van der Waals surface area contributed by atoms with Crippen molar-refractivity contribution >= 4 is 40.6 Å². The lowest BCUT2D eigenvalue weighted by molar-refractivity contribution is 0.208. The van der Waals surface area contributed by atoms with Crippen LogP contribution < -0.4 is 10.2 Å². The van der Waals surface area contributed by atoms with Crippen LogP contribution in [-0.4, -0.2) is 37.1 Å². The molecule has 24 heavy (non-hydrogen) atoms. The van der Waals surface area contributed by atoms with E-state index in [1.807, 2.05) is 6.07 Å². The second-order valence-corrected chi connectivity index (χ2v) is 6.35. The molecule has 2 aromatic rings. The second-order valence-electron chi connectivity index (χ2n) is 5.51. The van der Waals surface area contributed by atoms with Gasteiger partial charge in [-0.3, -0.25) is 0 Å². The SMILES string of the molecule is O=C(Nc1ccc(Cl)cc1Cl)N1CCN(c2cccc(F)c2)CC1. The number of anilines is 2. The lowest BCUT2D eigenvalue weighted by atomic mass is 10.2. The molecule has 0 unspecified atom stereocenters. The average molecular weight is 368 g/mol. The van der Waals surface area contributed by atoms with Crippen LogP contribution in [-0.2, 0) is 0 Å². The molecule has 2 aromatic carbocycles. The molecule has 0 radical (unpaired) electrons. The largest absolute Gasteiger partial charge is 0.368 e. The molecule has 1 fully saturated rings. The fraction of sp³-hybridized carbons (Fsp3) is 0.235. The molecule has 0 atom stereocenters. The third kappa shape index (κ3) is 3.91. The molecule has 1 aliphatic rings. The van der Waals surface area contributed by atoms with E-state index in [4.69, 9.17) is 23.2 Å². The molecule has 126 valence electrons. The summed E-state index contributed by atoms with van der Waals surface area (Å²) in [4.78, 5) is 16.1. The molecule has 1 heterocycles. The summed E-state index contributed by atoms with van der Waals surface area (Å²) in [6.45, 7) is 2.39. The van der Waals surface area contributed by atoms with Crippen molar-refractivity contribution in [2.24, 2.45) is 0 Å². The maximum Gasteiger partial charge on any atom is 0.322 e.